The van der Waals surface area contributed by atoms with Gasteiger partial charge in [-0.05, 0) is 26.3 Å². The topological polar surface area (TPSA) is 20.3 Å². The third kappa shape index (κ3) is 1.42. The molecule has 0 N–H and O–H groups in total. The molecule has 0 aromatic heterocycles. The average molecular weight is 176 g/mol. The second kappa shape index (κ2) is 3.11. The molecule has 3 aliphatic rings. The van der Waals surface area contributed by atoms with Crippen molar-refractivity contribution >= 4 is 18.2 Å². The summed E-state index contributed by atoms with van der Waals surface area (Å²) in [5, 5.41) is 0. The molecule has 64 valence electrons. The predicted octanol–water partition coefficient (Wildman–Crippen LogP) is 1.09. The van der Waals surface area contributed by atoms with Crippen molar-refractivity contribution < 1.29 is 4.79 Å². The van der Waals surface area contributed by atoms with E-state index in [4.69, 9.17) is 0 Å². The normalized spacial score (nSPS) is 41.9. The molecule has 3 heteroatoms. The maximum atomic E-state index is 11.2. The van der Waals surface area contributed by atoms with Crippen molar-refractivity contribution in [1.29, 1.82) is 0 Å². The van der Waals surface area contributed by atoms with Gasteiger partial charge in [0.15, 0.2) is 0 Å². The number of ketones is 1. The Morgan fingerprint density at radius 2 is 2.27 bits per heavy atom. The maximum Gasteiger partial charge on any atom is 0.150 e. The maximum absolute atomic E-state index is 11.2. The summed E-state index contributed by atoms with van der Waals surface area (Å²) < 4.78 is 0. The van der Waals surface area contributed by atoms with Crippen LogP contribution in [0.5, 0.6) is 0 Å². The summed E-state index contributed by atoms with van der Waals surface area (Å²) in [6.45, 7) is 4.10. The number of rotatable bonds is 0. The smallest absolute Gasteiger partial charge is 0.150 e. The molecule has 3 rings (SSSR count). The van der Waals surface area contributed by atoms with Gasteiger partial charge < -0.3 is 0 Å². The Morgan fingerprint density at radius 3 is 2.55 bits per heavy atom. The number of carbonyl (C=O) groups excluding carboxylic acids is 1. The SMILES string of the molecule is C[C@H]1C[C@H]2CCN1CC2=O.Cl. The first-order valence-electron chi connectivity index (χ1n) is 4.04. The second-order valence-electron chi connectivity index (χ2n) is 3.51. The molecule has 0 spiro atoms. The minimum Gasteiger partial charge on any atom is -0.298 e. The highest BCUT2D eigenvalue weighted by Crippen LogP contribution is 2.28. The van der Waals surface area contributed by atoms with E-state index >= 15 is 0 Å². The molecule has 3 heterocycles. The van der Waals surface area contributed by atoms with Crippen LogP contribution < -0.4 is 0 Å². The third-order valence-electron chi connectivity index (χ3n) is 2.83. The number of nitrogens with zero attached hydrogens (tertiary/aromatic N) is 1. The first-order chi connectivity index (χ1) is 4.77. The molecule has 3 atom stereocenters. The monoisotopic (exact) mass is 175 g/mol. The summed E-state index contributed by atoms with van der Waals surface area (Å²) >= 11 is 0. The van der Waals surface area contributed by atoms with Gasteiger partial charge in [-0.15, -0.1) is 12.4 Å². The molecular formula is C8H14ClNO. The number of hydrogen-bond acceptors (Lipinski definition) is 2. The van der Waals surface area contributed by atoms with E-state index in [1.807, 2.05) is 0 Å². The van der Waals surface area contributed by atoms with E-state index in [2.05, 4.69) is 11.8 Å². The van der Waals surface area contributed by atoms with E-state index < -0.39 is 0 Å². The summed E-state index contributed by atoms with van der Waals surface area (Å²) in [4.78, 5) is 13.5. The van der Waals surface area contributed by atoms with Gasteiger partial charge in [-0.3, -0.25) is 9.69 Å². The number of fused-ring (bicyclic) bond motifs is 3. The van der Waals surface area contributed by atoms with Crippen LogP contribution in [0.3, 0.4) is 0 Å². The highest BCUT2D eigenvalue weighted by atomic mass is 35.5. The standard InChI is InChI=1S/C8H13NO.ClH/c1-6-4-7-2-3-9(6)5-8(7)10;/h6-7H,2-5H2,1H3;1H/t6-,7+;/m0./s1. The zero-order valence-corrected chi connectivity index (χ0v) is 7.56. The van der Waals surface area contributed by atoms with Crippen molar-refractivity contribution in [2.45, 2.75) is 25.8 Å². The average Bonchev–Trinajstić information content (AvgIpc) is 1.91. The van der Waals surface area contributed by atoms with Crippen LogP contribution in [0.1, 0.15) is 19.8 Å². The highest BCUT2D eigenvalue weighted by molar-refractivity contribution is 5.85. The molecule has 3 saturated heterocycles. The fourth-order valence-corrected chi connectivity index (χ4v) is 2.08. The number of hydrogen-bond donors (Lipinski definition) is 0. The number of halogens is 1. The van der Waals surface area contributed by atoms with E-state index in [-0.39, 0.29) is 12.4 Å². The van der Waals surface area contributed by atoms with Crippen LogP contribution in [0.15, 0.2) is 0 Å². The van der Waals surface area contributed by atoms with Gasteiger partial charge in [-0.1, -0.05) is 0 Å². The highest BCUT2D eigenvalue weighted by Gasteiger charge is 2.36. The predicted molar refractivity (Wildman–Crippen MR) is 46.0 cm³/mol. The van der Waals surface area contributed by atoms with Crippen LogP contribution in [-0.2, 0) is 4.79 Å². The van der Waals surface area contributed by atoms with Crippen LogP contribution in [0.2, 0.25) is 0 Å². The lowest BCUT2D eigenvalue weighted by Crippen LogP contribution is -2.52. The van der Waals surface area contributed by atoms with Gasteiger partial charge in [0.2, 0.25) is 0 Å². The summed E-state index contributed by atoms with van der Waals surface area (Å²) in [6, 6.07) is 0.663. The Morgan fingerprint density at radius 1 is 1.55 bits per heavy atom. The Bertz CT molecular complexity index is 171. The van der Waals surface area contributed by atoms with Gasteiger partial charge in [-0.2, -0.15) is 0 Å². The lowest BCUT2D eigenvalue weighted by atomic mass is 9.83. The van der Waals surface area contributed by atoms with Crippen LogP contribution in [0.4, 0.5) is 0 Å². The Kier molecular flexibility index (Phi) is 2.55. The molecule has 0 radical (unpaired) electrons. The van der Waals surface area contributed by atoms with Crippen LogP contribution in [0, 0.1) is 5.92 Å². The summed E-state index contributed by atoms with van der Waals surface area (Å²) in [7, 11) is 0. The van der Waals surface area contributed by atoms with Crippen molar-refractivity contribution in [3.8, 4) is 0 Å². The fraction of sp³-hybridized carbons (Fsp3) is 0.875. The van der Waals surface area contributed by atoms with E-state index in [1.165, 1.54) is 0 Å². The molecule has 0 saturated carbocycles. The lowest BCUT2D eigenvalue weighted by molar-refractivity contribution is -0.132. The molecular weight excluding hydrogens is 162 g/mol. The molecule has 3 fully saturated rings. The van der Waals surface area contributed by atoms with E-state index in [9.17, 15) is 4.79 Å². The first kappa shape index (κ1) is 9.01. The summed E-state index contributed by atoms with van der Waals surface area (Å²) in [6.07, 6.45) is 2.22. The Hall–Kier alpha value is -0.0800. The van der Waals surface area contributed by atoms with Crippen molar-refractivity contribution in [2.75, 3.05) is 13.1 Å². The molecule has 0 aromatic carbocycles. The van der Waals surface area contributed by atoms with Crippen LogP contribution in [0.25, 0.3) is 0 Å². The van der Waals surface area contributed by atoms with Crippen molar-refractivity contribution in [1.82, 2.24) is 4.90 Å². The minimum absolute atomic E-state index is 0. The quantitative estimate of drug-likeness (QED) is 0.550. The molecule has 2 bridgehead atoms. The van der Waals surface area contributed by atoms with Crippen molar-refractivity contribution in [3.05, 3.63) is 0 Å². The second-order valence-corrected chi connectivity index (χ2v) is 3.51. The summed E-state index contributed by atoms with van der Waals surface area (Å²) in [5.74, 6) is 0.893. The molecule has 0 aliphatic carbocycles. The van der Waals surface area contributed by atoms with E-state index in [0.717, 1.165) is 25.9 Å². The molecule has 1 unspecified atom stereocenters. The number of carbonyl (C=O) groups is 1. The van der Waals surface area contributed by atoms with Gasteiger partial charge in [0.25, 0.3) is 0 Å². The van der Waals surface area contributed by atoms with Crippen LogP contribution >= 0.6 is 12.4 Å². The zero-order chi connectivity index (χ0) is 7.14. The number of Topliss-reactive ketones (excluding diaryl/α,β-unsaturated/α-hetero) is 1. The van der Waals surface area contributed by atoms with Gasteiger partial charge >= 0.3 is 0 Å². The minimum atomic E-state index is 0. The van der Waals surface area contributed by atoms with E-state index in [0.29, 0.717) is 17.7 Å². The lowest BCUT2D eigenvalue weighted by Gasteiger charge is -2.42. The molecule has 3 aliphatic heterocycles. The fourth-order valence-electron chi connectivity index (χ4n) is 2.08. The number of piperidine rings is 3. The third-order valence-corrected chi connectivity index (χ3v) is 2.83. The van der Waals surface area contributed by atoms with Crippen molar-refractivity contribution in [2.24, 2.45) is 5.92 Å². The molecule has 0 amide bonds. The van der Waals surface area contributed by atoms with Gasteiger partial charge in [0, 0.05) is 12.0 Å². The van der Waals surface area contributed by atoms with Gasteiger partial charge in [0.1, 0.15) is 5.78 Å². The van der Waals surface area contributed by atoms with Gasteiger partial charge in [0.05, 0.1) is 6.54 Å². The van der Waals surface area contributed by atoms with E-state index in [1.54, 1.807) is 0 Å². The Balaban J connectivity index is 0.000000605. The Labute approximate surface area is 73.4 Å². The molecule has 11 heavy (non-hydrogen) atoms. The summed E-state index contributed by atoms with van der Waals surface area (Å²) in [5.41, 5.74) is 0. The van der Waals surface area contributed by atoms with Crippen molar-refractivity contribution in [3.63, 3.8) is 0 Å². The first-order valence-corrected chi connectivity index (χ1v) is 4.04. The van der Waals surface area contributed by atoms with Crippen LogP contribution in [-0.4, -0.2) is 29.8 Å². The largest absolute Gasteiger partial charge is 0.298 e. The molecule has 2 nitrogen and oxygen atoms in total. The van der Waals surface area contributed by atoms with Gasteiger partial charge in [-0.25, -0.2) is 0 Å². The molecule has 0 aromatic rings. The zero-order valence-electron chi connectivity index (χ0n) is 6.75.